The summed E-state index contributed by atoms with van der Waals surface area (Å²) in [5.74, 6) is 0.966. The minimum atomic E-state index is 0. The molecule has 1 N–H and O–H groups in total. The molecule has 18 heavy (non-hydrogen) atoms. The number of unbranched alkanes of at least 4 members (excludes halogenated alkanes) is 1. The summed E-state index contributed by atoms with van der Waals surface area (Å²) in [5, 5.41) is 3.42. The van der Waals surface area contributed by atoms with E-state index in [4.69, 9.17) is 4.74 Å². The highest BCUT2D eigenvalue weighted by atomic mass is 35.5. The SMILES string of the molecule is CN(C)CCNCCCCOc1ccccc1.Cl. The molecule has 0 atom stereocenters. The number of hydrogen-bond acceptors (Lipinski definition) is 3. The van der Waals surface area contributed by atoms with Crippen molar-refractivity contribution in [2.24, 2.45) is 0 Å². The predicted octanol–water partition coefficient (Wildman–Crippen LogP) is 2.42. The molecule has 0 aliphatic carbocycles. The number of nitrogens with one attached hydrogen (secondary N) is 1. The maximum absolute atomic E-state index is 5.61. The van der Waals surface area contributed by atoms with Crippen molar-refractivity contribution < 1.29 is 4.74 Å². The summed E-state index contributed by atoms with van der Waals surface area (Å²) in [5.41, 5.74) is 0. The number of rotatable bonds is 9. The fourth-order valence-electron chi connectivity index (χ4n) is 1.49. The second-order valence-corrected chi connectivity index (χ2v) is 4.42. The molecule has 0 amide bonds. The second-order valence-electron chi connectivity index (χ2n) is 4.42. The third-order valence-electron chi connectivity index (χ3n) is 2.50. The largest absolute Gasteiger partial charge is 0.494 e. The van der Waals surface area contributed by atoms with Gasteiger partial charge in [0.05, 0.1) is 6.61 Å². The van der Waals surface area contributed by atoms with E-state index in [0.717, 1.165) is 38.4 Å². The summed E-state index contributed by atoms with van der Waals surface area (Å²) >= 11 is 0. The van der Waals surface area contributed by atoms with E-state index in [1.807, 2.05) is 30.3 Å². The Morgan fingerprint density at radius 1 is 1.06 bits per heavy atom. The van der Waals surface area contributed by atoms with Gasteiger partial charge < -0.3 is 15.0 Å². The molecule has 0 bridgehead atoms. The Balaban J connectivity index is 0.00000289. The fraction of sp³-hybridized carbons (Fsp3) is 0.571. The van der Waals surface area contributed by atoms with Gasteiger partial charge in [-0.25, -0.2) is 0 Å². The van der Waals surface area contributed by atoms with Crippen LogP contribution in [0.15, 0.2) is 30.3 Å². The number of hydrogen-bond donors (Lipinski definition) is 1. The Morgan fingerprint density at radius 3 is 2.44 bits per heavy atom. The molecule has 0 aliphatic heterocycles. The van der Waals surface area contributed by atoms with Crippen molar-refractivity contribution in [2.75, 3.05) is 40.3 Å². The van der Waals surface area contributed by atoms with Crippen molar-refractivity contribution in [3.63, 3.8) is 0 Å². The number of halogens is 1. The van der Waals surface area contributed by atoms with Gasteiger partial charge in [0.2, 0.25) is 0 Å². The molecule has 0 radical (unpaired) electrons. The van der Waals surface area contributed by atoms with Crippen molar-refractivity contribution in [1.82, 2.24) is 10.2 Å². The maximum Gasteiger partial charge on any atom is 0.119 e. The Kier molecular flexibility index (Phi) is 10.8. The standard InChI is InChI=1S/C14H24N2O.ClH/c1-16(2)12-11-15-10-6-7-13-17-14-8-4-3-5-9-14;/h3-5,8-9,15H,6-7,10-13H2,1-2H3;1H. The average Bonchev–Trinajstić information content (AvgIpc) is 2.33. The molecule has 104 valence electrons. The zero-order valence-corrected chi connectivity index (χ0v) is 12.2. The lowest BCUT2D eigenvalue weighted by Crippen LogP contribution is -2.27. The van der Waals surface area contributed by atoms with Crippen LogP contribution in [-0.2, 0) is 0 Å². The Morgan fingerprint density at radius 2 is 1.78 bits per heavy atom. The molecule has 0 fully saturated rings. The molecule has 0 unspecified atom stereocenters. The minimum Gasteiger partial charge on any atom is -0.494 e. The summed E-state index contributed by atoms with van der Waals surface area (Å²) in [4.78, 5) is 2.19. The topological polar surface area (TPSA) is 24.5 Å². The number of benzene rings is 1. The van der Waals surface area contributed by atoms with Gasteiger partial charge in [-0.05, 0) is 45.6 Å². The van der Waals surface area contributed by atoms with Crippen molar-refractivity contribution in [2.45, 2.75) is 12.8 Å². The van der Waals surface area contributed by atoms with E-state index in [1.165, 1.54) is 6.42 Å². The van der Waals surface area contributed by atoms with Crippen LogP contribution in [0.1, 0.15) is 12.8 Å². The first-order valence-electron chi connectivity index (χ1n) is 6.32. The molecule has 0 aromatic heterocycles. The van der Waals surface area contributed by atoms with Crippen LogP contribution in [0, 0.1) is 0 Å². The van der Waals surface area contributed by atoms with E-state index in [9.17, 15) is 0 Å². The van der Waals surface area contributed by atoms with Crippen molar-refractivity contribution in [3.8, 4) is 5.75 Å². The zero-order chi connectivity index (χ0) is 12.3. The molecule has 1 rings (SSSR count). The van der Waals surface area contributed by atoms with Gasteiger partial charge in [-0.15, -0.1) is 12.4 Å². The van der Waals surface area contributed by atoms with Crippen LogP contribution < -0.4 is 10.1 Å². The minimum absolute atomic E-state index is 0. The smallest absolute Gasteiger partial charge is 0.119 e. The number of para-hydroxylation sites is 1. The summed E-state index contributed by atoms with van der Waals surface area (Å²) in [6, 6.07) is 9.99. The predicted molar refractivity (Wildman–Crippen MR) is 79.8 cm³/mol. The maximum atomic E-state index is 5.61. The molecular formula is C14H25ClN2O. The first-order valence-corrected chi connectivity index (χ1v) is 6.32. The molecule has 4 heteroatoms. The second kappa shape index (κ2) is 11.3. The van der Waals surface area contributed by atoms with Crippen molar-refractivity contribution in [3.05, 3.63) is 30.3 Å². The number of likely N-dealkylation sites (N-methyl/N-ethyl adjacent to an activating group) is 1. The van der Waals surface area contributed by atoms with Crippen LogP contribution in [0.2, 0.25) is 0 Å². The summed E-state index contributed by atoms with van der Waals surface area (Å²) in [6.07, 6.45) is 2.27. The van der Waals surface area contributed by atoms with Crippen molar-refractivity contribution in [1.29, 1.82) is 0 Å². The van der Waals surface area contributed by atoms with E-state index >= 15 is 0 Å². The first kappa shape index (κ1) is 17.2. The van der Waals surface area contributed by atoms with Gasteiger partial charge in [-0.3, -0.25) is 0 Å². The average molecular weight is 273 g/mol. The van der Waals surface area contributed by atoms with E-state index in [1.54, 1.807) is 0 Å². The first-order chi connectivity index (χ1) is 8.29. The van der Waals surface area contributed by atoms with Gasteiger partial charge in [0, 0.05) is 13.1 Å². The number of ether oxygens (including phenoxy) is 1. The zero-order valence-electron chi connectivity index (χ0n) is 11.4. The molecule has 1 aromatic carbocycles. The molecule has 1 aromatic rings. The van der Waals surface area contributed by atoms with Crippen LogP contribution in [0.25, 0.3) is 0 Å². The Hall–Kier alpha value is -0.770. The summed E-state index contributed by atoms with van der Waals surface area (Å²) in [6.45, 7) is 4.04. The molecule has 0 saturated carbocycles. The quantitative estimate of drug-likeness (QED) is 0.699. The molecule has 0 spiro atoms. The van der Waals surface area contributed by atoms with Gasteiger partial charge >= 0.3 is 0 Å². The van der Waals surface area contributed by atoms with Gasteiger partial charge in [-0.2, -0.15) is 0 Å². The monoisotopic (exact) mass is 272 g/mol. The third kappa shape index (κ3) is 9.28. The number of nitrogens with zero attached hydrogens (tertiary/aromatic N) is 1. The highest BCUT2D eigenvalue weighted by molar-refractivity contribution is 5.85. The third-order valence-corrected chi connectivity index (χ3v) is 2.50. The van der Waals surface area contributed by atoms with Crippen LogP contribution >= 0.6 is 12.4 Å². The Bertz CT molecular complexity index is 280. The lowest BCUT2D eigenvalue weighted by Gasteiger charge is -2.10. The normalized spacial score (nSPS) is 10.2. The van der Waals surface area contributed by atoms with E-state index in [0.29, 0.717) is 0 Å². The molecule has 0 saturated heterocycles. The van der Waals surface area contributed by atoms with Gasteiger partial charge in [0.25, 0.3) is 0 Å². The van der Waals surface area contributed by atoms with Gasteiger partial charge in [0.1, 0.15) is 5.75 Å². The highest BCUT2D eigenvalue weighted by Crippen LogP contribution is 2.08. The van der Waals surface area contributed by atoms with Crippen LogP contribution in [0.4, 0.5) is 0 Å². The lowest BCUT2D eigenvalue weighted by atomic mass is 10.3. The van der Waals surface area contributed by atoms with E-state index < -0.39 is 0 Å². The summed E-state index contributed by atoms with van der Waals surface area (Å²) in [7, 11) is 4.19. The van der Waals surface area contributed by atoms with Gasteiger partial charge in [-0.1, -0.05) is 18.2 Å². The van der Waals surface area contributed by atoms with Gasteiger partial charge in [0.15, 0.2) is 0 Å². The molecular weight excluding hydrogens is 248 g/mol. The lowest BCUT2D eigenvalue weighted by molar-refractivity contribution is 0.305. The van der Waals surface area contributed by atoms with Crippen molar-refractivity contribution >= 4 is 12.4 Å². The van der Waals surface area contributed by atoms with Crippen LogP contribution in [0.3, 0.4) is 0 Å². The van der Waals surface area contributed by atoms with Crippen LogP contribution in [0.5, 0.6) is 5.75 Å². The van der Waals surface area contributed by atoms with Crippen LogP contribution in [-0.4, -0.2) is 45.2 Å². The Labute approximate surface area is 117 Å². The fourth-order valence-corrected chi connectivity index (χ4v) is 1.49. The highest BCUT2D eigenvalue weighted by Gasteiger charge is 1.93. The summed E-state index contributed by atoms with van der Waals surface area (Å²) < 4.78 is 5.61. The molecule has 0 heterocycles. The molecule has 3 nitrogen and oxygen atoms in total. The van der Waals surface area contributed by atoms with E-state index in [2.05, 4.69) is 24.3 Å². The molecule has 0 aliphatic rings. The van der Waals surface area contributed by atoms with E-state index in [-0.39, 0.29) is 12.4 Å².